The lowest BCUT2D eigenvalue weighted by Gasteiger charge is -2.29. The molecule has 172 valence electrons. The first-order valence-corrected chi connectivity index (χ1v) is 10.5. The SMILES string of the molecule is CN=C(NCC(=O)N1CCc2ccccc2C1)NC1CCN(c2ccc(F)cc2F)C1.I. The molecule has 0 radical (unpaired) electrons. The summed E-state index contributed by atoms with van der Waals surface area (Å²) in [5.74, 6) is -0.575. The van der Waals surface area contributed by atoms with Crippen LogP contribution in [0.1, 0.15) is 17.5 Å². The lowest BCUT2D eigenvalue weighted by Crippen LogP contribution is -2.48. The average Bonchev–Trinajstić information content (AvgIpc) is 3.24. The highest BCUT2D eigenvalue weighted by atomic mass is 127. The highest BCUT2D eigenvalue weighted by molar-refractivity contribution is 14.0. The minimum absolute atomic E-state index is 0. The molecule has 1 fully saturated rings. The van der Waals surface area contributed by atoms with Crippen LogP contribution in [-0.2, 0) is 17.8 Å². The molecule has 2 aliphatic heterocycles. The summed E-state index contributed by atoms with van der Waals surface area (Å²) in [6.45, 7) is 2.72. The highest BCUT2D eigenvalue weighted by Crippen LogP contribution is 2.24. The van der Waals surface area contributed by atoms with E-state index < -0.39 is 11.6 Å². The number of carbonyl (C=O) groups is 1. The van der Waals surface area contributed by atoms with Crippen LogP contribution in [0.15, 0.2) is 47.5 Å². The molecule has 6 nitrogen and oxygen atoms in total. The Kier molecular flexibility index (Phi) is 8.27. The van der Waals surface area contributed by atoms with Crippen LogP contribution < -0.4 is 15.5 Å². The number of aliphatic imine (C=N–C) groups is 1. The molecule has 0 saturated carbocycles. The number of nitrogens with zero attached hydrogens (tertiary/aromatic N) is 3. The Morgan fingerprint density at radius 2 is 1.94 bits per heavy atom. The van der Waals surface area contributed by atoms with Gasteiger partial charge >= 0.3 is 0 Å². The molecule has 9 heteroatoms. The number of nitrogens with one attached hydrogen (secondary N) is 2. The second-order valence-corrected chi connectivity index (χ2v) is 7.93. The molecule has 0 aromatic heterocycles. The molecule has 2 heterocycles. The summed E-state index contributed by atoms with van der Waals surface area (Å²) < 4.78 is 27.2. The normalized spacial score (nSPS) is 18.1. The van der Waals surface area contributed by atoms with Gasteiger partial charge in [-0.25, -0.2) is 8.78 Å². The van der Waals surface area contributed by atoms with Crippen molar-refractivity contribution in [2.45, 2.75) is 25.4 Å². The molecule has 2 aromatic rings. The molecular weight excluding hydrogens is 527 g/mol. The fourth-order valence-electron chi connectivity index (χ4n) is 4.20. The van der Waals surface area contributed by atoms with Crippen molar-refractivity contribution < 1.29 is 13.6 Å². The van der Waals surface area contributed by atoms with Crippen molar-refractivity contribution in [3.8, 4) is 0 Å². The number of fused-ring (bicyclic) bond motifs is 1. The Morgan fingerprint density at radius 3 is 2.69 bits per heavy atom. The second-order valence-electron chi connectivity index (χ2n) is 7.93. The standard InChI is InChI=1S/C23H27F2N5O.HI/c1-26-23(27-13-22(31)30-10-8-16-4-2-3-5-17(16)14-30)28-19-9-11-29(15-19)21-7-6-18(24)12-20(21)25;/h2-7,12,19H,8-11,13-15H2,1H3,(H2,26,27,28);1H. The van der Waals surface area contributed by atoms with E-state index in [1.165, 1.54) is 23.3 Å². The highest BCUT2D eigenvalue weighted by Gasteiger charge is 2.26. The third-order valence-corrected chi connectivity index (χ3v) is 5.89. The molecule has 2 aliphatic rings. The van der Waals surface area contributed by atoms with Gasteiger partial charge in [-0.1, -0.05) is 24.3 Å². The molecule has 32 heavy (non-hydrogen) atoms. The van der Waals surface area contributed by atoms with Crippen molar-refractivity contribution in [3.05, 3.63) is 65.2 Å². The third kappa shape index (κ3) is 5.67. The van der Waals surface area contributed by atoms with Gasteiger partial charge in [0.15, 0.2) is 5.96 Å². The van der Waals surface area contributed by atoms with Crippen molar-refractivity contribution in [1.29, 1.82) is 0 Å². The summed E-state index contributed by atoms with van der Waals surface area (Å²) in [4.78, 5) is 20.6. The van der Waals surface area contributed by atoms with Crippen molar-refractivity contribution in [1.82, 2.24) is 15.5 Å². The van der Waals surface area contributed by atoms with Crippen LogP contribution >= 0.6 is 24.0 Å². The van der Waals surface area contributed by atoms with Crippen LogP contribution in [0.5, 0.6) is 0 Å². The maximum absolute atomic E-state index is 14.1. The van der Waals surface area contributed by atoms with Crippen molar-refractivity contribution in [2.75, 3.05) is 38.1 Å². The van der Waals surface area contributed by atoms with Crippen molar-refractivity contribution >= 4 is 41.5 Å². The first-order chi connectivity index (χ1) is 15.0. The molecule has 1 saturated heterocycles. The maximum atomic E-state index is 14.1. The molecule has 4 rings (SSSR count). The van der Waals surface area contributed by atoms with Gasteiger partial charge in [0, 0.05) is 45.3 Å². The van der Waals surface area contributed by atoms with Crippen molar-refractivity contribution in [3.63, 3.8) is 0 Å². The van der Waals surface area contributed by atoms with Crippen molar-refractivity contribution in [2.24, 2.45) is 4.99 Å². The van der Waals surface area contributed by atoms with Crippen LogP contribution in [-0.4, -0.2) is 56.0 Å². The Balaban J connectivity index is 0.00000289. The predicted octanol–water partition coefficient (Wildman–Crippen LogP) is 2.91. The third-order valence-electron chi connectivity index (χ3n) is 5.89. The largest absolute Gasteiger partial charge is 0.367 e. The van der Waals surface area contributed by atoms with E-state index >= 15 is 0 Å². The number of benzene rings is 2. The van der Waals surface area contributed by atoms with Crippen LogP contribution in [0, 0.1) is 11.6 Å². The average molecular weight is 555 g/mol. The van der Waals surface area contributed by atoms with E-state index in [1.807, 2.05) is 21.9 Å². The molecule has 1 unspecified atom stereocenters. The van der Waals surface area contributed by atoms with E-state index in [9.17, 15) is 13.6 Å². The van der Waals surface area contributed by atoms with Gasteiger partial charge in [-0.2, -0.15) is 0 Å². The number of amides is 1. The number of guanidine groups is 1. The number of hydrogen-bond acceptors (Lipinski definition) is 3. The summed E-state index contributed by atoms with van der Waals surface area (Å²) in [5, 5.41) is 6.40. The number of carbonyl (C=O) groups excluding carboxylic acids is 1. The van der Waals surface area contributed by atoms with Gasteiger partial charge in [-0.3, -0.25) is 9.79 Å². The zero-order chi connectivity index (χ0) is 21.8. The van der Waals surface area contributed by atoms with Gasteiger partial charge in [0.25, 0.3) is 0 Å². The number of hydrogen-bond donors (Lipinski definition) is 2. The van der Waals surface area contributed by atoms with Gasteiger partial charge in [0.1, 0.15) is 11.6 Å². The van der Waals surface area contributed by atoms with Crippen LogP contribution in [0.25, 0.3) is 0 Å². The first kappa shape index (κ1) is 24.2. The van der Waals surface area contributed by atoms with Crippen LogP contribution in [0.3, 0.4) is 0 Å². The van der Waals surface area contributed by atoms with E-state index in [0.717, 1.165) is 18.9 Å². The monoisotopic (exact) mass is 555 g/mol. The fraction of sp³-hybridized carbons (Fsp3) is 0.391. The molecule has 2 aromatic carbocycles. The smallest absolute Gasteiger partial charge is 0.242 e. The number of anilines is 1. The molecule has 1 atom stereocenters. The van der Waals surface area contributed by atoms with Gasteiger partial charge in [0.2, 0.25) is 5.91 Å². The minimum Gasteiger partial charge on any atom is -0.367 e. The zero-order valence-corrected chi connectivity index (χ0v) is 20.3. The quantitative estimate of drug-likeness (QED) is 0.346. The molecular formula is C23H28F2IN5O. The first-order valence-electron chi connectivity index (χ1n) is 10.5. The van der Waals surface area contributed by atoms with Gasteiger partial charge in [-0.15, -0.1) is 24.0 Å². The summed E-state index contributed by atoms with van der Waals surface area (Å²) >= 11 is 0. The van der Waals surface area contributed by atoms with E-state index in [-0.39, 0.29) is 42.5 Å². The van der Waals surface area contributed by atoms with E-state index in [4.69, 9.17) is 0 Å². The maximum Gasteiger partial charge on any atom is 0.242 e. The van der Waals surface area contributed by atoms with Gasteiger partial charge < -0.3 is 20.4 Å². The van der Waals surface area contributed by atoms with Gasteiger partial charge in [-0.05, 0) is 36.1 Å². The van der Waals surface area contributed by atoms with Gasteiger partial charge in [0.05, 0.1) is 12.2 Å². The number of halogens is 3. The number of rotatable bonds is 4. The minimum atomic E-state index is -0.582. The Hall–Kier alpha value is -2.43. The van der Waals surface area contributed by atoms with Crippen LogP contribution in [0.4, 0.5) is 14.5 Å². The molecule has 0 bridgehead atoms. The second kappa shape index (κ2) is 10.9. The Bertz CT molecular complexity index is 987. The lowest BCUT2D eigenvalue weighted by molar-refractivity contribution is -0.130. The molecule has 0 aliphatic carbocycles. The summed E-state index contributed by atoms with van der Waals surface area (Å²) in [5.41, 5.74) is 2.90. The summed E-state index contributed by atoms with van der Waals surface area (Å²) in [7, 11) is 1.66. The topological polar surface area (TPSA) is 60.0 Å². The summed E-state index contributed by atoms with van der Waals surface area (Å²) in [6, 6.07) is 11.9. The molecule has 0 spiro atoms. The molecule has 2 N–H and O–H groups in total. The molecule has 1 amide bonds. The van der Waals surface area contributed by atoms with E-state index in [2.05, 4.69) is 27.8 Å². The lowest BCUT2D eigenvalue weighted by atomic mass is 10.00. The predicted molar refractivity (Wildman–Crippen MR) is 132 cm³/mol. The van der Waals surface area contributed by atoms with Crippen LogP contribution in [0.2, 0.25) is 0 Å². The fourth-order valence-corrected chi connectivity index (χ4v) is 4.20. The summed E-state index contributed by atoms with van der Waals surface area (Å²) in [6.07, 6.45) is 1.65. The zero-order valence-electron chi connectivity index (χ0n) is 18.0. The van der Waals surface area contributed by atoms with E-state index in [0.29, 0.717) is 37.8 Å². The Labute approximate surface area is 204 Å². The van der Waals surface area contributed by atoms with E-state index in [1.54, 1.807) is 7.05 Å². The Morgan fingerprint density at radius 1 is 1.16 bits per heavy atom.